The monoisotopic (exact) mass is 248 g/mol. The summed E-state index contributed by atoms with van der Waals surface area (Å²) < 4.78 is 5.03. The molecule has 0 fully saturated rings. The lowest BCUT2D eigenvalue weighted by atomic mass is 10.1. The fourth-order valence-corrected chi connectivity index (χ4v) is 1.37. The maximum absolute atomic E-state index is 11.3. The molecule has 96 valence electrons. The van der Waals surface area contributed by atoms with Crippen LogP contribution in [0.1, 0.15) is 30.4 Å². The summed E-state index contributed by atoms with van der Waals surface area (Å²) in [6, 6.07) is 7.50. The molecule has 0 aliphatic carbocycles. The zero-order valence-corrected chi connectivity index (χ0v) is 10.1. The Labute approximate surface area is 106 Å². The first-order valence-corrected chi connectivity index (χ1v) is 5.70. The van der Waals surface area contributed by atoms with E-state index in [1.54, 1.807) is 6.08 Å². The van der Waals surface area contributed by atoms with Gasteiger partial charge in [-0.1, -0.05) is 36.9 Å². The van der Waals surface area contributed by atoms with Crippen molar-refractivity contribution in [1.29, 1.82) is 0 Å². The third-order valence-electron chi connectivity index (χ3n) is 2.39. The highest BCUT2D eigenvalue weighted by Gasteiger charge is 2.05. The number of carboxylic acid groups (broad SMARTS) is 1. The van der Waals surface area contributed by atoms with Crippen molar-refractivity contribution in [1.82, 2.24) is 0 Å². The van der Waals surface area contributed by atoms with E-state index in [9.17, 15) is 9.59 Å². The molecule has 0 aromatic heterocycles. The molecular weight excluding hydrogens is 232 g/mol. The summed E-state index contributed by atoms with van der Waals surface area (Å²) >= 11 is 0. The average molecular weight is 248 g/mol. The fraction of sp³-hybridized carbons (Fsp3) is 0.286. The minimum absolute atomic E-state index is 0.0108. The van der Waals surface area contributed by atoms with E-state index in [2.05, 4.69) is 6.58 Å². The molecule has 0 heterocycles. The molecule has 0 saturated heterocycles. The lowest BCUT2D eigenvalue weighted by Crippen LogP contribution is -2.05. The molecule has 1 rings (SSSR count). The van der Waals surface area contributed by atoms with Crippen LogP contribution in [-0.2, 0) is 20.9 Å². The molecule has 0 spiro atoms. The second-order valence-electron chi connectivity index (χ2n) is 3.85. The predicted octanol–water partition coefficient (Wildman–Crippen LogP) is 2.63. The molecule has 4 nitrogen and oxygen atoms in total. The van der Waals surface area contributed by atoms with Gasteiger partial charge in [-0.05, 0) is 17.5 Å². The number of hydrogen-bond acceptors (Lipinski definition) is 3. The summed E-state index contributed by atoms with van der Waals surface area (Å²) in [6.07, 6.45) is 2.17. The molecule has 0 amide bonds. The Kier molecular flexibility index (Phi) is 5.64. The highest BCUT2D eigenvalue weighted by atomic mass is 16.5. The number of aliphatic carboxylic acids is 1. The predicted molar refractivity (Wildman–Crippen MR) is 67.8 cm³/mol. The Morgan fingerprint density at radius 1 is 1.22 bits per heavy atom. The molecule has 0 saturated carbocycles. The smallest absolute Gasteiger partial charge is 0.306 e. The summed E-state index contributed by atoms with van der Waals surface area (Å²) in [4.78, 5) is 21.5. The molecule has 1 aromatic rings. The Hall–Kier alpha value is -2.10. The molecule has 0 bridgehead atoms. The van der Waals surface area contributed by atoms with Crippen molar-refractivity contribution in [2.45, 2.75) is 25.9 Å². The van der Waals surface area contributed by atoms with Crippen LogP contribution in [0, 0.1) is 0 Å². The molecular formula is C14H16O4. The first-order chi connectivity index (χ1) is 8.61. The van der Waals surface area contributed by atoms with Crippen molar-refractivity contribution in [3.05, 3.63) is 42.0 Å². The lowest BCUT2D eigenvalue weighted by Gasteiger charge is -2.04. The summed E-state index contributed by atoms with van der Waals surface area (Å²) in [5, 5.41) is 8.42. The number of esters is 1. The first-order valence-electron chi connectivity index (χ1n) is 5.70. The highest BCUT2D eigenvalue weighted by Crippen LogP contribution is 2.07. The number of hydrogen-bond donors (Lipinski definition) is 1. The van der Waals surface area contributed by atoms with Crippen molar-refractivity contribution in [2.75, 3.05) is 0 Å². The molecule has 1 aromatic carbocycles. The van der Waals surface area contributed by atoms with Gasteiger partial charge in [0.2, 0.25) is 0 Å². The van der Waals surface area contributed by atoms with Gasteiger partial charge in [0.1, 0.15) is 6.61 Å². The van der Waals surface area contributed by atoms with Crippen molar-refractivity contribution in [3.63, 3.8) is 0 Å². The molecule has 0 atom stereocenters. The third kappa shape index (κ3) is 5.30. The van der Waals surface area contributed by atoms with Crippen LogP contribution in [0.4, 0.5) is 0 Å². The second kappa shape index (κ2) is 7.27. The van der Waals surface area contributed by atoms with Gasteiger partial charge in [0, 0.05) is 12.8 Å². The van der Waals surface area contributed by atoms with Gasteiger partial charge in [0.05, 0.1) is 0 Å². The zero-order chi connectivity index (χ0) is 13.4. The molecule has 0 aliphatic heterocycles. The highest BCUT2D eigenvalue weighted by molar-refractivity contribution is 5.71. The van der Waals surface area contributed by atoms with Crippen LogP contribution in [0.2, 0.25) is 0 Å². The van der Waals surface area contributed by atoms with Crippen LogP contribution in [0.15, 0.2) is 30.8 Å². The molecule has 4 heteroatoms. The molecule has 0 aliphatic rings. The summed E-state index contributed by atoms with van der Waals surface area (Å²) in [5.74, 6) is -1.27. The van der Waals surface area contributed by atoms with Gasteiger partial charge in [-0.15, -0.1) is 0 Å². The minimum Gasteiger partial charge on any atom is -0.481 e. The van der Waals surface area contributed by atoms with Crippen LogP contribution in [0.3, 0.4) is 0 Å². The summed E-state index contributed by atoms with van der Waals surface area (Å²) in [5.41, 5.74) is 1.90. The standard InChI is InChI=1S/C14H16O4/c1-2-11-6-8-12(9-7-11)10-18-14(17)5-3-4-13(15)16/h2,6-9H,1,3-5,10H2,(H,15,16). The Morgan fingerprint density at radius 2 is 1.89 bits per heavy atom. The van der Waals surface area contributed by atoms with E-state index in [0.29, 0.717) is 6.42 Å². The van der Waals surface area contributed by atoms with Crippen LogP contribution in [0.25, 0.3) is 6.08 Å². The number of carboxylic acids is 1. The van der Waals surface area contributed by atoms with Crippen molar-refractivity contribution in [2.24, 2.45) is 0 Å². The van der Waals surface area contributed by atoms with Gasteiger partial charge < -0.3 is 9.84 Å². The lowest BCUT2D eigenvalue weighted by molar-refractivity contribution is -0.145. The zero-order valence-electron chi connectivity index (χ0n) is 10.1. The van der Waals surface area contributed by atoms with Crippen LogP contribution in [0.5, 0.6) is 0 Å². The third-order valence-corrected chi connectivity index (χ3v) is 2.39. The van der Waals surface area contributed by atoms with E-state index in [1.807, 2.05) is 24.3 Å². The number of rotatable bonds is 7. The SMILES string of the molecule is C=Cc1ccc(COC(=O)CCCC(=O)O)cc1. The van der Waals surface area contributed by atoms with Crippen molar-refractivity contribution >= 4 is 18.0 Å². The van der Waals surface area contributed by atoms with Crippen LogP contribution >= 0.6 is 0 Å². The van der Waals surface area contributed by atoms with Crippen LogP contribution < -0.4 is 0 Å². The fourth-order valence-electron chi connectivity index (χ4n) is 1.37. The van der Waals surface area contributed by atoms with Gasteiger partial charge in [-0.3, -0.25) is 9.59 Å². The van der Waals surface area contributed by atoms with E-state index < -0.39 is 5.97 Å². The Morgan fingerprint density at radius 3 is 2.44 bits per heavy atom. The number of benzene rings is 1. The maximum atomic E-state index is 11.3. The Balaban J connectivity index is 2.28. The Bertz CT molecular complexity index is 420. The van der Waals surface area contributed by atoms with Gasteiger partial charge in [-0.2, -0.15) is 0 Å². The largest absolute Gasteiger partial charge is 0.481 e. The van der Waals surface area contributed by atoms with Gasteiger partial charge in [0.25, 0.3) is 0 Å². The average Bonchev–Trinajstić information content (AvgIpc) is 2.36. The second-order valence-corrected chi connectivity index (χ2v) is 3.85. The maximum Gasteiger partial charge on any atom is 0.306 e. The van der Waals surface area contributed by atoms with E-state index in [4.69, 9.17) is 9.84 Å². The molecule has 0 radical (unpaired) electrons. The number of carbonyl (C=O) groups is 2. The minimum atomic E-state index is -0.900. The molecule has 0 unspecified atom stereocenters. The summed E-state index contributed by atoms with van der Waals surface area (Å²) in [6.45, 7) is 3.86. The molecule has 18 heavy (non-hydrogen) atoms. The van der Waals surface area contributed by atoms with Gasteiger partial charge in [0.15, 0.2) is 0 Å². The van der Waals surface area contributed by atoms with E-state index in [-0.39, 0.29) is 25.4 Å². The van der Waals surface area contributed by atoms with Gasteiger partial charge >= 0.3 is 11.9 Å². The van der Waals surface area contributed by atoms with E-state index in [1.165, 1.54) is 0 Å². The van der Waals surface area contributed by atoms with E-state index in [0.717, 1.165) is 11.1 Å². The van der Waals surface area contributed by atoms with Gasteiger partial charge in [-0.25, -0.2) is 0 Å². The quantitative estimate of drug-likeness (QED) is 0.753. The normalized spacial score (nSPS) is 9.78. The van der Waals surface area contributed by atoms with E-state index >= 15 is 0 Å². The van der Waals surface area contributed by atoms with Crippen molar-refractivity contribution < 1.29 is 19.4 Å². The van der Waals surface area contributed by atoms with Crippen molar-refractivity contribution in [3.8, 4) is 0 Å². The number of carbonyl (C=O) groups excluding carboxylic acids is 1. The van der Waals surface area contributed by atoms with Crippen LogP contribution in [-0.4, -0.2) is 17.0 Å². The first kappa shape index (κ1) is 14.0. The summed E-state index contributed by atoms with van der Waals surface area (Å²) in [7, 11) is 0. The topological polar surface area (TPSA) is 63.6 Å². The number of ether oxygens (including phenoxy) is 1. The molecule has 1 N–H and O–H groups in total.